The molecule has 0 aliphatic carbocycles. The molecule has 2 fully saturated rings. The van der Waals surface area contributed by atoms with Gasteiger partial charge in [-0.25, -0.2) is 0 Å². The lowest BCUT2D eigenvalue weighted by atomic mass is 9.88. The number of carbonyl (C=O) groups is 1. The lowest BCUT2D eigenvalue weighted by molar-refractivity contribution is -0.311. The summed E-state index contributed by atoms with van der Waals surface area (Å²) < 4.78 is 18.0. The van der Waals surface area contributed by atoms with E-state index in [0.717, 1.165) is 22.3 Å². The van der Waals surface area contributed by atoms with Crippen molar-refractivity contribution in [1.82, 2.24) is 0 Å². The second kappa shape index (κ2) is 7.73. The van der Waals surface area contributed by atoms with Gasteiger partial charge in [0.25, 0.3) is 0 Å². The van der Waals surface area contributed by atoms with Crippen LogP contribution in [-0.2, 0) is 19.0 Å². The molecule has 6 atom stereocenters. The molecule has 2 aliphatic rings. The highest BCUT2D eigenvalue weighted by Crippen LogP contribution is 2.42. The molecule has 2 aromatic carbocycles. The predicted octanol–water partition coefficient (Wildman–Crippen LogP) is 2.15. The maximum Gasteiger partial charge on any atom is 0.196 e. The number of hydrogen-bond acceptors (Lipinski definition) is 6. The molecule has 4 rings (SSSR count). The average molecular weight is 384 g/mol. The van der Waals surface area contributed by atoms with Crippen LogP contribution in [0.15, 0.2) is 48.5 Å². The van der Waals surface area contributed by atoms with Gasteiger partial charge in [0.2, 0.25) is 0 Å². The minimum Gasteiger partial charge on any atom is -0.394 e. The lowest BCUT2D eigenvalue weighted by Gasteiger charge is -2.47. The summed E-state index contributed by atoms with van der Waals surface area (Å²) in [5.74, 6) is -0.279. The number of benzene rings is 2. The summed E-state index contributed by atoms with van der Waals surface area (Å²) in [6, 6.07) is 15.3. The molecule has 3 unspecified atom stereocenters. The molecule has 6 heteroatoms. The third-order valence-corrected chi connectivity index (χ3v) is 5.39. The van der Waals surface area contributed by atoms with Crippen molar-refractivity contribution in [1.29, 1.82) is 0 Å². The number of ketones is 1. The molecule has 2 bridgehead atoms. The summed E-state index contributed by atoms with van der Waals surface area (Å²) in [4.78, 5) is 13.0. The molecule has 2 aliphatic heterocycles. The molecule has 2 saturated heterocycles. The Kier molecular flexibility index (Phi) is 5.31. The van der Waals surface area contributed by atoms with E-state index in [1.165, 1.54) is 0 Å². The van der Waals surface area contributed by atoms with E-state index >= 15 is 0 Å². The van der Waals surface area contributed by atoms with Crippen molar-refractivity contribution in [2.75, 3.05) is 6.61 Å². The molecule has 0 amide bonds. The maximum atomic E-state index is 13.0. The summed E-state index contributed by atoms with van der Waals surface area (Å²) in [6.45, 7) is 3.39. The monoisotopic (exact) mass is 384 g/mol. The summed E-state index contributed by atoms with van der Waals surface area (Å²) in [6.07, 6.45) is -5.51. The van der Waals surface area contributed by atoms with Crippen molar-refractivity contribution in [2.24, 2.45) is 0 Å². The summed E-state index contributed by atoms with van der Waals surface area (Å²) in [7, 11) is 0. The Balaban J connectivity index is 1.73. The highest BCUT2D eigenvalue weighted by Gasteiger charge is 2.54. The Morgan fingerprint density at radius 1 is 0.929 bits per heavy atom. The van der Waals surface area contributed by atoms with E-state index in [2.05, 4.69) is 0 Å². The zero-order valence-electron chi connectivity index (χ0n) is 15.8. The largest absolute Gasteiger partial charge is 0.394 e. The van der Waals surface area contributed by atoms with Crippen molar-refractivity contribution < 1.29 is 29.2 Å². The molecule has 148 valence electrons. The van der Waals surface area contributed by atoms with E-state index in [1.54, 1.807) is 0 Å². The minimum absolute atomic E-state index is 0.279. The van der Waals surface area contributed by atoms with Crippen molar-refractivity contribution in [3.8, 4) is 0 Å². The van der Waals surface area contributed by atoms with Gasteiger partial charge in [0.1, 0.15) is 18.3 Å². The lowest BCUT2D eigenvalue weighted by Crippen LogP contribution is -2.61. The molecule has 0 radical (unpaired) electrons. The van der Waals surface area contributed by atoms with Crippen LogP contribution in [0.4, 0.5) is 0 Å². The molecule has 0 saturated carbocycles. The summed E-state index contributed by atoms with van der Waals surface area (Å²) in [5, 5.41) is 19.7. The topological polar surface area (TPSA) is 85.2 Å². The predicted molar refractivity (Wildman–Crippen MR) is 101 cm³/mol. The molecular weight excluding hydrogens is 360 g/mol. The Hall–Kier alpha value is -2.09. The van der Waals surface area contributed by atoms with Gasteiger partial charge in [0.15, 0.2) is 24.3 Å². The Bertz CT molecular complexity index is 848. The van der Waals surface area contributed by atoms with E-state index in [1.807, 2.05) is 62.4 Å². The van der Waals surface area contributed by atoms with E-state index in [9.17, 15) is 15.0 Å². The van der Waals surface area contributed by atoms with Crippen LogP contribution in [0.25, 0.3) is 0 Å². The fraction of sp³-hybridized carbons (Fsp3) is 0.409. The normalized spacial score (nSPS) is 30.9. The van der Waals surface area contributed by atoms with Crippen LogP contribution >= 0.6 is 0 Å². The number of aliphatic hydroxyl groups is 2. The van der Waals surface area contributed by atoms with Crippen LogP contribution in [0.2, 0.25) is 0 Å². The van der Waals surface area contributed by atoms with Crippen molar-refractivity contribution >= 4 is 5.78 Å². The van der Waals surface area contributed by atoms with Crippen LogP contribution < -0.4 is 0 Å². The van der Waals surface area contributed by atoms with Gasteiger partial charge in [-0.3, -0.25) is 4.79 Å². The molecule has 2 N–H and O–H groups in total. The number of fused-ring (bicyclic) bond motifs is 2. The molecule has 6 nitrogen and oxygen atoms in total. The Morgan fingerprint density at radius 2 is 1.61 bits per heavy atom. The molecule has 28 heavy (non-hydrogen) atoms. The van der Waals surface area contributed by atoms with Crippen molar-refractivity contribution in [3.05, 3.63) is 70.8 Å². The van der Waals surface area contributed by atoms with Crippen LogP contribution in [0.1, 0.15) is 34.6 Å². The Labute approximate surface area is 163 Å². The van der Waals surface area contributed by atoms with E-state index in [-0.39, 0.29) is 5.78 Å². The number of aliphatic hydroxyl groups excluding tert-OH is 2. The SMILES string of the molecule is Cc1ccc(C2O[C@@H]([C@H](O)CO)[C@H]3OC(c4ccccc4C)OC2C3=O)cc1. The first-order valence-electron chi connectivity index (χ1n) is 9.40. The van der Waals surface area contributed by atoms with Crippen LogP contribution in [0.3, 0.4) is 0 Å². The first-order valence-corrected chi connectivity index (χ1v) is 9.40. The number of rotatable bonds is 4. The van der Waals surface area contributed by atoms with Gasteiger partial charge in [0.05, 0.1) is 6.61 Å². The van der Waals surface area contributed by atoms with Gasteiger partial charge < -0.3 is 24.4 Å². The highest BCUT2D eigenvalue weighted by atomic mass is 16.7. The second-order valence-electron chi connectivity index (χ2n) is 7.39. The molecular formula is C22H24O6. The number of hydrogen-bond donors (Lipinski definition) is 2. The van der Waals surface area contributed by atoms with E-state index < -0.39 is 43.4 Å². The summed E-state index contributed by atoms with van der Waals surface area (Å²) >= 11 is 0. The number of Topliss-reactive ketones (excluding diaryl/α,β-unsaturated/α-hetero) is 1. The van der Waals surface area contributed by atoms with E-state index in [4.69, 9.17) is 14.2 Å². The van der Waals surface area contributed by atoms with Gasteiger partial charge in [-0.2, -0.15) is 0 Å². The quantitative estimate of drug-likeness (QED) is 0.840. The fourth-order valence-corrected chi connectivity index (χ4v) is 3.77. The van der Waals surface area contributed by atoms with Crippen LogP contribution in [-0.4, -0.2) is 47.0 Å². The zero-order valence-corrected chi connectivity index (χ0v) is 15.8. The standard InChI is InChI=1S/C22H24O6/c1-12-7-9-14(10-8-12)18-20-17(25)21(19(26-18)16(24)11-23)28-22(27-20)15-6-4-3-5-13(15)2/h3-10,16,18-24H,11H2,1-2H3/t16-,18?,19+,20?,21+,22?/m1/s1. The third kappa shape index (κ3) is 3.38. The highest BCUT2D eigenvalue weighted by molar-refractivity contribution is 5.90. The smallest absolute Gasteiger partial charge is 0.196 e. The second-order valence-corrected chi connectivity index (χ2v) is 7.39. The van der Waals surface area contributed by atoms with Gasteiger partial charge in [-0.15, -0.1) is 0 Å². The van der Waals surface area contributed by atoms with Crippen molar-refractivity contribution in [3.63, 3.8) is 0 Å². The average Bonchev–Trinajstić information content (AvgIpc) is 2.69. The molecule has 0 aromatic heterocycles. The van der Waals surface area contributed by atoms with Gasteiger partial charge in [-0.05, 0) is 25.0 Å². The van der Waals surface area contributed by atoms with Crippen LogP contribution in [0.5, 0.6) is 0 Å². The molecule has 2 aromatic rings. The zero-order chi connectivity index (χ0) is 19.8. The van der Waals surface area contributed by atoms with Gasteiger partial charge in [-0.1, -0.05) is 54.1 Å². The van der Waals surface area contributed by atoms with Crippen LogP contribution in [0, 0.1) is 13.8 Å². The summed E-state index contributed by atoms with van der Waals surface area (Å²) in [5.41, 5.74) is 3.67. The fourth-order valence-electron chi connectivity index (χ4n) is 3.77. The number of aryl methyl sites for hydroxylation is 2. The molecule has 2 heterocycles. The number of ether oxygens (including phenoxy) is 3. The first kappa shape index (κ1) is 19.2. The minimum atomic E-state index is -1.24. The van der Waals surface area contributed by atoms with Crippen molar-refractivity contribution in [2.45, 2.75) is 50.7 Å². The number of carbonyl (C=O) groups excluding carboxylic acids is 1. The van der Waals surface area contributed by atoms with Gasteiger partial charge in [0, 0.05) is 5.56 Å². The van der Waals surface area contributed by atoms with E-state index in [0.29, 0.717) is 0 Å². The first-order chi connectivity index (χ1) is 13.5. The Morgan fingerprint density at radius 3 is 2.29 bits per heavy atom. The van der Waals surface area contributed by atoms with Gasteiger partial charge >= 0.3 is 0 Å². The maximum absolute atomic E-state index is 13.0. The molecule has 0 spiro atoms. The third-order valence-electron chi connectivity index (χ3n) is 5.39.